The maximum absolute atomic E-state index is 5.41. The molecule has 1 rings (SSSR count). The predicted octanol–water partition coefficient (Wildman–Crippen LogP) is 1.55. The number of ether oxygens (including phenoxy) is 2. The third kappa shape index (κ3) is 4.15. The molecule has 5 heteroatoms. The highest BCUT2D eigenvalue weighted by Gasteiger charge is 2.01. The van der Waals surface area contributed by atoms with Gasteiger partial charge >= 0.3 is 0 Å². The Morgan fingerprint density at radius 3 is 2.71 bits per heavy atom. The van der Waals surface area contributed by atoms with E-state index in [0.717, 1.165) is 11.5 Å². The third-order valence-electron chi connectivity index (χ3n) is 1.53. The summed E-state index contributed by atoms with van der Waals surface area (Å²) >= 11 is 1.53. The van der Waals surface area contributed by atoms with Crippen molar-refractivity contribution in [2.45, 2.75) is 13.2 Å². The van der Waals surface area contributed by atoms with Gasteiger partial charge in [-0.3, -0.25) is 0 Å². The molecule has 0 spiro atoms. The zero-order valence-corrected chi connectivity index (χ0v) is 9.01. The van der Waals surface area contributed by atoms with Gasteiger partial charge in [-0.15, -0.1) is 11.8 Å². The molecule has 0 fully saturated rings. The molecule has 1 heterocycles. The van der Waals surface area contributed by atoms with Gasteiger partial charge < -0.3 is 19.6 Å². The Morgan fingerprint density at radius 1 is 1.36 bits per heavy atom. The van der Waals surface area contributed by atoms with Crippen LogP contribution in [0, 0.1) is 0 Å². The molecular weight excluding hydrogens is 202 g/mol. The fourth-order valence-electron chi connectivity index (χ4n) is 0.969. The molecule has 0 aliphatic carbocycles. The quantitative estimate of drug-likeness (QED) is 0.554. The number of thioether (sulfide) groups is 1. The molecule has 1 aromatic heterocycles. The van der Waals surface area contributed by atoms with Crippen LogP contribution in [-0.2, 0) is 22.7 Å². The van der Waals surface area contributed by atoms with Crippen LogP contribution in [-0.4, -0.2) is 18.9 Å². The van der Waals surface area contributed by atoms with Gasteiger partial charge in [0.15, 0.2) is 0 Å². The molecule has 0 aliphatic heterocycles. The summed E-state index contributed by atoms with van der Waals surface area (Å²) < 4.78 is 15.6. The molecule has 0 aromatic carbocycles. The lowest BCUT2D eigenvalue weighted by Gasteiger charge is -1.99. The molecule has 0 atom stereocenters. The monoisotopic (exact) mass is 217 g/mol. The second-order valence-electron chi connectivity index (χ2n) is 2.64. The summed E-state index contributed by atoms with van der Waals surface area (Å²) in [4.78, 5) is 0. The fraction of sp³-hybridized carbons (Fsp3) is 0.556. The van der Waals surface area contributed by atoms with E-state index in [1.807, 2.05) is 12.1 Å². The number of furan rings is 1. The first-order chi connectivity index (χ1) is 6.86. The zero-order valence-electron chi connectivity index (χ0n) is 8.19. The van der Waals surface area contributed by atoms with E-state index in [-0.39, 0.29) is 0 Å². The van der Waals surface area contributed by atoms with Crippen LogP contribution in [0.3, 0.4) is 0 Å². The lowest BCUT2D eigenvalue weighted by molar-refractivity contribution is 0.135. The maximum atomic E-state index is 5.41. The van der Waals surface area contributed by atoms with Crippen molar-refractivity contribution in [3.05, 3.63) is 23.7 Å². The highest BCUT2D eigenvalue weighted by molar-refractivity contribution is 7.99. The highest BCUT2D eigenvalue weighted by Crippen LogP contribution is 2.10. The molecule has 0 saturated carbocycles. The maximum Gasteiger partial charge on any atom is 0.130 e. The minimum atomic E-state index is 0.483. The number of methoxy groups -OCH3 is 1. The van der Waals surface area contributed by atoms with Crippen LogP contribution in [0.5, 0.6) is 0 Å². The summed E-state index contributed by atoms with van der Waals surface area (Å²) in [5.74, 6) is 2.80. The molecule has 2 N–H and O–H groups in total. The van der Waals surface area contributed by atoms with E-state index < -0.39 is 0 Å². The number of rotatable bonds is 7. The van der Waals surface area contributed by atoms with Crippen LogP contribution in [0.4, 0.5) is 0 Å². The molecular formula is C9H15NO3S. The Bertz CT molecular complexity index is 252. The van der Waals surface area contributed by atoms with E-state index in [9.17, 15) is 0 Å². The summed E-state index contributed by atoms with van der Waals surface area (Å²) in [5.41, 5.74) is 5.29. The van der Waals surface area contributed by atoms with E-state index in [0.29, 0.717) is 25.0 Å². The van der Waals surface area contributed by atoms with E-state index >= 15 is 0 Å². The van der Waals surface area contributed by atoms with Crippen molar-refractivity contribution in [3.63, 3.8) is 0 Å². The van der Waals surface area contributed by atoms with Crippen LogP contribution in [0.1, 0.15) is 11.5 Å². The van der Waals surface area contributed by atoms with Crippen molar-refractivity contribution >= 4 is 11.8 Å². The molecule has 0 radical (unpaired) electrons. The summed E-state index contributed by atoms with van der Waals surface area (Å²) in [6.45, 7) is 0.980. The van der Waals surface area contributed by atoms with Crippen molar-refractivity contribution < 1.29 is 13.9 Å². The van der Waals surface area contributed by atoms with Crippen molar-refractivity contribution in [1.29, 1.82) is 0 Å². The Hall–Kier alpha value is -0.490. The average Bonchev–Trinajstić information content (AvgIpc) is 2.61. The van der Waals surface area contributed by atoms with Crippen molar-refractivity contribution in [2.75, 3.05) is 18.9 Å². The van der Waals surface area contributed by atoms with Gasteiger partial charge in [-0.25, -0.2) is 0 Å². The number of nitrogens with two attached hydrogens (primary N) is 1. The number of hydrogen-bond donors (Lipinski definition) is 1. The zero-order chi connectivity index (χ0) is 10.2. The summed E-state index contributed by atoms with van der Waals surface area (Å²) in [5, 5.41) is 0. The van der Waals surface area contributed by atoms with Crippen LogP contribution in [0.2, 0.25) is 0 Å². The van der Waals surface area contributed by atoms with Crippen molar-refractivity contribution in [3.8, 4) is 0 Å². The van der Waals surface area contributed by atoms with Gasteiger partial charge in [0.1, 0.15) is 24.7 Å². The minimum absolute atomic E-state index is 0.483. The second kappa shape index (κ2) is 6.89. The normalized spacial score (nSPS) is 10.7. The van der Waals surface area contributed by atoms with E-state index in [2.05, 4.69) is 0 Å². The Labute approximate surface area is 87.7 Å². The predicted molar refractivity (Wildman–Crippen MR) is 55.7 cm³/mol. The van der Waals surface area contributed by atoms with Gasteiger partial charge in [-0.2, -0.15) is 0 Å². The molecule has 80 valence electrons. The first kappa shape index (κ1) is 11.6. The topological polar surface area (TPSA) is 57.6 Å². The van der Waals surface area contributed by atoms with Gasteiger partial charge in [0.25, 0.3) is 0 Å². The standard InChI is InChI=1S/C9H15NO3S/c1-11-4-8-2-3-9(13-8)5-12-7-14-6-10/h2-3H,4-7,10H2,1H3. The van der Waals surface area contributed by atoms with Crippen LogP contribution in [0.25, 0.3) is 0 Å². The fourth-order valence-corrected chi connectivity index (χ4v) is 1.27. The van der Waals surface area contributed by atoms with Crippen molar-refractivity contribution in [2.24, 2.45) is 5.73 Å². The largest absolute Gasteiger partial charge is 0.461 e. The van der Waals surface area contributed by atoms with E-state index in [1.54, 1.807) is 7.11 Å². The van der Waals surface area contributed by atoms with Gasteiger partial charge in [0, 0.05) is 13.0 Å². The van der Waals surface area contributed by atoms with Crippen LogP contribution >= 0.6 is 11.8 Å². The van der Waals surface area contributed by atoms with Gasteiger partial charge in [0.05, 0.1) is 5.94 Å². The first-order valence-electron chi connectivity index (χ1n) is 4.29. The Balaban J connectivity index is 2.22. The van der Waals surface area contributed by atoms with Crippen LogP contribution < -0.4 is 5.73 Å². The Kier molecular flexibility index (Phi) is 5.70. The van der Waals surface area contributed by atoms with Gasteiger partial charge in [-0.1, -0.05) is 0 Å². The van der Waals surface area contributed by atoms with E-state index in [1.165, 1.54) is 11.8 Å². The number of hydrogen-bond acceptors (Lipinski definition) is 5. The van der Waals surface area contributed by atoms with Gasteiger partial charge in [-0.05, 0) is 12.1 Å². The summed E-state index contributed by atoms with van der Waals surface area (Å²) in [6, 6.07) is 3.78. The van der Waals surface area contributed by atoms with Crippen LogP contribution in [0.15, 0.2) is 16.5 Å². The summed E-state index contributed by atoms with van der Waals surface area (Å²) in [6.07, 6.45) is 0. The minimum Gasteiger partial charge on any atom is -0.461 e. The SMILES string of the molecule is COCc1ccc(COCSCN)o1. The third-order valence-corrected chi connectivity index (χ3v) is 2.10. The molecule has 14 heavy (non-hydrogen) atoms. The molecule has 0 aliphatic rings. The first-order valence-corrected chi connectivity index (χ1v) is 5.44. The van der Waals surface area contributed by atoms with Crippen molar-refractivity contribution in [1.82, 2.24) is 0 Å². The molecule has 0 saturated heterocycles. The van der Waals surface area contributed by atoms with Gasteiger partial charge in [0.2, 0.25) is 0 Å². The summed E-state index contributed by atoms with van der Waals surface area (Å²) in [7, 11) is 1.64. The molecule has 0 amide bonds. The smallest absolute Gasteiger partial charge is 0.130 e. The lowest BCUT2D eigenvalue weighted by atomic mass is 10.4. The van der Waals surface area contributed by atoms with E-state index in [4.69, 9.17) is 19.6 Å². The molecule has 4 nitrogen and oxygen atoms in total. The lowest BCUT2D eigenvalue weighted by Crippen LogP contribution is -1.97. The highest BCUT2D eigenvalue weighted by atomic mass is 32.2. The second-order valence-corrected chi connectivity index (χ2v) is 3.62. The molecule has 0 bridgehead atoms. The molecule has 0 unspecified atom stereocenters. The average molecular weight is 217 g/mol. The molecule has 1 aromatic rings. The Morgan fingerprint density at radius 2 is 2.07 bits per heavy atom.